The van der Waals surface area contributed by atoms with Crippen molar-refractivity contribution in [3.8, 4) is 0 Å². The second-order valence-electron chi connectivity index (χ2n) is 7.57. The van der Waals surface area contributed by atoms with Crippen LogP contribution in [0.1, 0.15) is 43.6 Å². The average molecular weight is 490 g/mol. The van der Waals surface area contributed by atoms with Gasteiger partial charge in [-0.25, -0.2) is 5.43 Å². The molecule has 1 unspecified atom stereocenters. The molecule has 0 bridgehead atoms. The Kier molecular flexibility index (Phi) is 6.66. The minimum atomic E-state index is 0.348. The van der Waals surface area contributed by atoms with E-state index in [9.17, 15) is 0 Å². The molecule has 30 heavy (non-hydrogen) atoms. The zero-order valence-electron chi connectivity index (χ0n) is 17.2. The van der Waals surface area contributed by atoms with E-state index in [1.54, 1.807) is 0 Å². The number of aryl methyl sites for hydroxylation is 1. The van der Waals surface area contributed by atoms with E-state index in [1.807, 2.05) is 18.2 Å². The molecule has 1 aromatic heterocycles. The number of nitrogens with zero attached hydrogens (tertiary/aromatic N) is 1. The zero-order chi connectivity index (χ0) is 21.1. The molecule has 0 saturated carbocycles. The molecule has 0 spiro atoms. The first-order valence-electron chi connectivity index (χ1n) is 10.4. The van der Waals surface area contributed by atoms with Crippen LogP contribution in [0.5, 0.6) is 0 Å². The van der Waals surface area contributed by atoms with Gasteiger partial charge in [0, 0.05) is 33.2 Å². The van der Waals surface area contributed by atoms with Crippen LogP contribution in [0.25, 0.3) is 11.0 Å². The highest BCUT2D eigenvalue weighted by Crippen LogP contribution is 2.29. The van der Waals surface area contributed by atoms with Crippen molar-refractivity contribution in [3.63, 3.8) is 0 Å². The fourth-order valence-electron chi connectivity index (χ4n) is 3.51. The summed E-state index contributed by atoms with van der Waals surface area (Å²) in [5.74, 6) is 1.44. The number of furan rings is 1. The lowest BCUT2D eigenvalue weighted by atomic mass is 10.1. The largest absolute Gasteiger partial charge is 0.453 e. The van der Waals surface area contributed by atoms with Gasteiger partial charge in [0.1, 0.15) is 5.58 Å². The topological polar surface area (TPSA) is 61.6 Å². The molecular formula is C23H26BrClN4O. The highest BCUT2D eigenvalue weighted by molar-refractivity contribution is 9.10. The van der Waals surface area contributed by atoms with Crippen molar-refractivity contribution in [1.82, 2.24) is 10.9 Å². The van der Waals surface area contributed by atoms with Crippen LogP contribution in [-0.2, 0) is 13.0 Å². The molecule has 1 aliphatic heterocycles. The molecule has 2 heterocycles. The van der Waals surface area contributed by atoms with Gasteiger partial charge in [0.15, 0.2) is 11.6 Å². The van der Waals surface area contributed by atoms with Crippen molar-refractivity contribution >= 4 is 50.0 Å². The number of amidine groups is 1. The van der Waals surface area contributed by atoms with E-state index >= 15 is 0 Å². The lowest BCUT2D eigenvalue weighted by Crippen LogP contribution is -2.49. The minimum Gasteiger partial charge on any atom is -0.453 e. The molecule has 0 amide bonds. The third kappa shape index (κ3) is 4.66. The standard InChI is InChI=1S/C23H26BrClN4O/c1-3-5-14-6-7-18(11-19(14)24)26-12-16-10-21-15(8-20(16)25)9-22(30-21)23-27-13-17(4-2)28-29-23/h6-11,17,26,28H,3-5,12-13H2,1-2H3,(H,27,29). The van der Waals surface area contributed by atoms with Crippen molar-refractivity contribution in [2.24, 2.45) is 4.99 Å². The Balaban J connectivity index is 1.50. The van der Waals surface area contributed by atoms with Crippen LogP contribution in [0.3, 0.4) is 0 Å². The molecule has 0 saturated heterocycles. The average Bonchev–Trinajstić information content (AvgIpc) is 3.16. The normalized spacial score (nSPS) is 16.4. The number of anilines is 1. The van der Waals surface area contributed by atoms with Gasteiger partial charge in [-0.05, 0) is 54.3 Å². The summed E-state index contributed by atoms with van der Waals surface area (Å²) >= 11 is 10.2. The van der Waals surface area contributed by atoms with E-state index < -0.39 is 0 Å². The van der Waals surface area contributed by atoms with Gasteiger partial charge in [-0.15, -0.1) is 0 Å². The predicted molar refractivity (Wildman–Crippen MR) is 128 cm³/mol. The Morgan fingerprint density at radius 1 is 1.20 bits per heavy atom. The first kappa shape index (κ1) is 21.2. The summed E-state index contributed by atoms with van der Waals surface area (Å²) in [7, 11) is 0. The second kappa shape index (κ2) is 9.41. The monoisotopic (exact) mass is 488 g/mol. The fourth-order valence-corrected chi connectivity index (χ4v) is 4.32. The lowest BCUT2D eigenvalue weighted by molar-refractivity contribution is 0.456. The number of benzene rings is 2. The van der Waals surface area contributed by atoms with Gasteiger partial charge in [0.25, 0.3) is 0 Å². The number of fused-ring (bicyclic) bond motifs is 1. The first-order valence-corrected chi connectivity index (χ1v) is 11.5. The van der Waals surface area contributed by atoms with E-state index in [-0.39, 0.29) is 0 Å². The van der Waals surface area contributed by atoms with Crippen LogP contribution < -0.4 is 16.2 Å². The SMILES string of the molecule is CCCc1ccc(NCc2cc3oc(C4=NCC(CC)NN4)cc3cc2Cl)cc1Br. The van der Waals surface area contributed by atoms with Crippen molar-refractivity contribution < 1.29 is 4.42 Å². The highest BCUT2D eigenvalue weighted by atomic mass is 79.9. The van der Waals surface area contributed by atoms with Gasteiger partial charge in [0.05, 0.1) is 6.54 Å². The Labute approximate surface area is 190 Å². The number of rotatable bonds is 7. The second-order valence-corrected chi connectivity index (χ2v) is 8.83. The summed E-state index contributed by atoms with van der Waals surface area (Å²) in [4.78, 5) is 4.60. The van der Waals surface area contributed by atoms with Gasteiger partial charge in [-0.1, -0.05) is 53.9 Å². The van der Waals surface area contributed by atoms with Crippen LogP contribution >= 0.6 is 27.5 Å². The molecule has 0 fully saturated rings. The van der Waals surface area contributed by atoms with Gasteiger partial charge in [-0.2, -0.15) is 0 Å². The Bertz CT molecular complexity index is 1080. The maximum absolute atomic E-state index is 6.55. The molecule has 0 aliphatic carbocycles. The van der Waals surface area contributed by atoms with Crippen LogP contribution in [0.4, 0.5) is 5.69 Å². The number of hydrogen-bond acceptors (Lipinski definition) is 5. The Morgan fingerprint density at radius 2 is 2.07 bits per heavy atom. The highest BCUT2D eigenvalue weighted by Gasteiger charge is 2.17. The molecular weight excluding hydrogens is 464 g/mol. The number of halogens is 2. The molecule has 0 radical (unpaired) electrons. The van der Waals surface area contributed by atoms with Crippen LogP contribution in [0.2, 0.25) is 5.02 Å². The van der Waals surface area contributed by atoms with E-state index in [0.717, 1.165) is 58.3 Å². The molecule has 1 atom stereocenters. The van der Waals surface area contributed by atoms with Crippen molar-refractivity contribution in [2.75, 3.05) is 11.9 Å². The van der Waals surface area contributed by atoms with Gasteiger partial charge >= 0.3 is 0 Å². The molecule has 2 aromatic carbocycles. The number of aliphatic imine (C=N–C) groups is 1. The molecule has 3 aromatic rings. The molecule has 7 heteroatoms. The number of hydrogen-bond donors (Lipinski definition) is 3. The maximum Gasteiger partial charge on any atom is 0.179 e. The van der Waals surface area contributed by atoms with E-state index in [1.165, 1.54) is 5.56 Å². The van der Waals surface area contributed by atoms with E-state index in [0.29, 0.717) is 23.4 Å². The summed E-state index contributed by atoms with van der Waals surface area (Å²) < 4.78 is 7.19. The Hall–Kier alpha value is -2.02. The third-order valence-electron chi connectivity index (χ3n) is 5.33. The van der Waals surface area contributed by atoms with E-state index in [2.05, 4.69) is 69.1 Å². The van der Waals surface area contributed by atoms with Crippen LogP contribution in [0.15, 0.2) is 50.3 Å². The van der Waals surface area contributed by atoms with Gasteiger partial charge in [0.2, 0.25) is 0 Å². The molecule has 158 valence electrons. The summed E-state index contributed by atoms with van der Waals surface area (Å²) in [5, 5.41) is 5.14. The van der Waals surface area contributed by atoms with E-state index in [4.69, 9.17) is 16.0 Å². The quantitative estimate of drug-likeness (QED) is 0.378. The summed E-state index contributed by atoms with van der Waals surface area (Å²) in [5.41, 5.74) is 10.6. The molecule has 5 nitrogen and oxygen atoms in total. The maximum atomic E-state index is 6.55. The van der Waals surface area contributed by atoms with Crippen LogP contribution in [0, 0.1) is 0 Å². The van der Waals surface area contributed by atoms with Crippen LogP contribution in [-0.4, -0.2) is 18.4 Å². The van der Waals surface area contributed by atoms with Crippen molar-refractivity contribution in [1.29, 1.82) is 0 Å². The predicted octanol–water partition coefficient (Wildman–Crippen LogP) is 6.05. The number of hydrazine groups is 1. The molecule has 3 N–H and O–H groups in total. The summed E-state index contributed by atoms with van der Waals surface area (Å²) in [6, 6.07) is 12.7. The van der Waals surface area contributed by atoms with Crippen molar-refractivity contribution in [3.05, 3.63) is 62.8 Å². The number of nitrogens with one attached hydrogen (secondary N) is 3. The van der Waals surface area contributed by atoms with Gasteiger partial charge in [-0.3, -0.25) is 4.99 Å². The van der Waals surface area contributed by atoms with Gasteiger partial charge < -0.3 is 15.2 Å². The minimum absolute atomic E-state index is 0.348. The zero-order valence-corrected chi connectivity index (χ0v) is 19.5. The molecule has 1 aliphatic rings. The Morgan fingerprint density at radius 3 is 2.77 bits per heavy atom. The summed E-state index contributed by atoms with van der Waals surface area (Å²) in [6.07, 6.45) is 3.22. The third-order valence-corrected chi connectivity index (χ3v) is 6.42. The fraction of sp³-hybridized carbons (Fsp3) is 0.348. The smallest absolute Gasteiger partial charge is 0.179 e. The summed E-state index contributed by atoms with van der Waals surface area (Å²) in [6.45, 7) is 5.67. The van der Waals surface area contributed by atoms with Crippen molar-refractivity contribution in [2.45, 2.75) is 45.7 Å². The molecule has 4 rings (SSSR count). The first-order chi connectivity index (χ1) is 14.6. The lowest BCUT2D eigenvalue weighted by Gasteiger charge is -2.22.